The quantitative estimate of drug-likeness (QED) is 0.396. The molecule has 0 spiro atoms. The average Bonchev–Trinajstić information content (AvgIpc) is 2.79. The molecule has 146 valence electrons. The van der Waals surface area contributed by atoms with E-state index in [1.54, 1.807) is 12.1 Å². The number of aldehydes is 1. The molecule has 2 aromatic carbocycles. The molecule has 1 saturated heterocycles. The Morgan fingerprint density at radius 3 is 2.71 bits per heavy atom. The van der Waals surface area contributed by atoms with Gasteiger partial charge in [-0.2, -0.15) is 0 Å². The molecule has 0 unspecified atom stereocenters. The minimum atomic E-state index is -1.06. The van der Waals surface area contributed by atoms with Crippen molar-refractivity contribution in [2.24, 2.45) is 5.92 Å². The Morgan fingerprint density at radius 1 is 1.36 bits per heavy atom. The minimum absolute atomic E-state index is 0.112. The van der Waals surface area contributed by atoms with Gasteiger partial charge in [0, 0.05) is 40.0 Å². The van der Waals surface area contributed by atoms with Gasteiger partial charge in [0.1, 0.15) is 6.29 Å². The summed E-state index contributed by atoms with van der Waals surface area (Å²) in [6.07, 6.45) is 1.11. The number of hydrogen-bond donors (Lipinski definition) is 2. The third kappa shape index (κ3) is 3.61. The fraction of sp³-hybridized carbons (Fsp3) is 0.273. The van der Waals surface area contributed by atoms with Crippen LogP contribution < -0.4 is 11.1 Å². The Kier molecular flexibility index (Phi) is 5.96. The van der Waals surface area contributed by atoms with Crippen LogP contribution in [0.2, 0.25) is 5.02 Å². The molecule has 4 nitrogen and oxygen atoms in total. The number of halogens is 2. The second-order valence-corrected chi connectivity index (χ2v) is 8.65. The standard InChI is InChI=1S/C22H22BrClN2O2/c1-13(2)18-10-21(28)26-11-19(14-4-3-5-16(24)8-14)22(18,12-27)17-7-6-15(23)9-20(17)25/h3-9,12,18-19H,1,10-11,25H2,2H3,(H,26,28)/t18-,19+,22+/m1/s1. The van der Waals surface area contributed by atoms with Gasteiger partial charge in [-0.25, -0.2) is 0 Å². The van der Waals surface area contributed by atoms with Crippen molar-refractivity contribution in [1.29, 1.82) is 0 Å². The number of hydrogen-bond acceptors (Lipinski definition) is 3. The fourth-order valence-electron chi connectivity index (χ4n) is 4.28. The van der Waals surface area contributed by atoms with Crippen LogP contribution in [0.25, 0.3) is 0 Å². The summed E-state index contributed by atoms with van der Waals surface area (Å²) < 4.78 is 0.823. The molecule has 0 aromatic heterocycles. The second kappa shape index (κ2) is 8.10. The Labute approximate surface area is 178 Å². The van der Waals surface area contributed by atoms with E-state index in [1.165, 1.54) is 0 Å². The van der Waals surface area contributed by atoms with E-state index >= 15 is 0 Å². The molecular formula is C22H22BrClN2O2. The smallest absolute Gasteiger partial charge is 0.220 e. The van der Waals surface area contributed by atoms with E-state index in [4.69, 9.17) is 17.3 Å². The molecule has 0 aliphatic carbocycles. The predicted octanol–water partition coefficient (Wildman–Crippen LogP) is 4.62. The van der Waals surface area contributed by atoms with Crippen LogP contribution in [0, 0.1) is 5.92 Å². The van der Waals surface area contributed by atoms with Gasteiger partial charge >= 0.3 is 0 Å². The number of carbonyl (C=O) groups is 2. The molecule has 1 fully saturated rings. The van der Waals surface area contributed by atoms with Crippen LogP contribution in [-0.4, -0.2) is 18.7 Å². The number of amides is 1. The van der Waals surface area contributed by atoms with Crippen LogP contribution in [-0.2, 0) is 15.0 Å². The zero-order chi connectivity index (χ0) is 20.5. The Bertz CT molecular complexity index is 946. The van der Waals surface area contributed by atoms with Crippen molar-refractivity contribution in [3.05, 3.63) is 75.2 Å². The summed E-state index contributed by atoms with van der Waals surface area (Å²) in [6, 6.07) is 12.9. The molecule has 1 aliphatic heterocycles. The van der Waals surface area contributed by atoms with Gasteiger partial charge in [-0.05, 0) is 42.3 Å². The Balaban J connectivity index is 2.34. The third-order valence-corrected chi connectivity index (χ3v) is 6.30. The Morgan fingerprint density at radius 2 is 2.11 bits per heavy atom. The lowest BCUT2D eigenvalue weighted by Gasteiger charge is -2.42. The van der Waals surface area contributed by atoms with Crippen molar-refractivity contribution in [2.45, 2.75) is 24.7 Å². The van der Waals surface area contributed by atoms with E-state index < -0.39 is 11.3 Å². The van der Waals surface area contributed by atoms with Gasteiger partial charge in [0.25, 0.3) is 0 Å². The maximum atomic E-state index is 12.9. The normalized spacial score (nSPS) is 24.9. The average molecular weight is 462 g/mol. The zero-order valence-corrected chi connectivity index (χ0v) is 17.9. The van der Waals surface area contributed by atoms with Crippen molar-refractivity contribution in [1.82, 2.24) is 5.32 Å². The van der Waals surface area contributed by atoms with Gasteiger partial charge in [0.05, 0.1) is 5.41 Å². The number of anilines is 1. The summed E-state index contributed by atoms with van der Waals surface area (Å²) >= 11 is 9.67. The maximum Gasteiger partial charge on any atom is 0.220 e. The first-order valence-corrected chi connectivity index (χ1v) is 10.2. The van der Waals surface area contributed by atoms with E-state index in [0.717, 1.165) is 21.9 Å². The van der Waals surface area contributed by atoms with Gasteiger partial charge in [-0.15, -0.1) is 0 Å². The molecule has 2 aromatic rings. The highest BCUT2D eigenvalue weighted by atomic mass is 79.9. The van der Waals surface area contributed by atoms with Crippen molar-refractivity contribution < 1.29 is 9.59 Å². The first-order valence-electron chi connectivity index (χ1n) is 8.99. The maximum absolute atomic E-state index is 12.9. The summed E-state index contributed by atoms with van der Waals surface area (Å²) in [5.41, 5.74) is 8.15. The molecule has 6 heteroatoms. The molecule has 3 N–H and O–H groups in total. The lowest BCUT2D eigenvalue weighted by molar-refractivity contribution is -0.121. The van der Waals surface area contributed by atoms with Crippen molar-refractivity contribution in [2.75, 3.05) is 12.3 Å². The summed E-state index contributed by atoms with van der Waals surface area (Å²) in [7, 11) is 0. The summed E-state index contributed by atoms with van der Waals surface area (Å²) in [6.45, 7) is 6.26. The minimum Gasteiger partial charge on any atom is -0.398 e. The summed E-state index contributed by atoms with van der Waals surface area (Å²) in [5.74, 6) is -0.861. The van der Waals surface area contributed by atoms with Crippen molar-refractivity contribution in [3.8, 4) is 0 Å². The molecule has 0 saturated carbocycles. The van der Waals surface area contributed by atoms with Crippen molar-refractivity contribution in [3.63, 3.8) is 0 Å². The third-order valence-electron chi connectivity index (χ3n) is 5.57. The second-order valence-electron chi connectivity index (χ2n) is 7.30. The van der Waals surface area contributed by atoms with Crippen LogP contribution in [0.3, 0.4) is 0 Å². The van der Waals surface area contributed by atoms with Gasteiger partial charge in [-0.1, -0.05) is 57.9 Å². The number of rotatable bonds is 4. The molecule has 1 heterocycles. The summed E-state index contributed by atoms with van der Waals surface area (Å²) in [4.78, 5) is 25.4. The first kappa shape index (κ1) is 20.6. The number of allylic oxidation sites excluding steroid dienone is 1. The van der Waals surface area contributed by atoms with Crippen LogP contribution in [0.1, 0.15) is 30.4 Å². The highest BCUT2D eigenvalue weighted by Gasteiger charge is 2.51. The first-order chi connectivity index (χ1) is 13.3. The van der Waals surface area contributed by atoms with Crippen LogP contribution in [0.15, 0.2) is 59.1 Å². The number of nitrogens with two attached hydrogens (primary N) is 1. The van der Waals surface area contributed by atoms with E-state index in [0.29, 0.717) is 22.8 Å². The zero-order valence-electron chi connectivity index (χ0n) is 15.5. The lowest BCUT2D eigenvalue weighted by atomic mass is 9.59. The molecule has 28 heavy (non-hydrogen) atoms. The molecule has 3 rings (SSSR count). The largest absolute Gasteiger partial charge is 0.398 e. The number of nitrogen functional groups attached to an aromatic ring is 1. The molecule has 0 radical (unpaired) electrons. The SMILES string of the molecule is C=C(C)[C@H]1CC(=O)NC[C@@H](c2cccc(Cl)c2)[C@@]1(C=O)c1ccc(Br)cc1N. The van der Waals surface area contributed by atoms with E-state index in [-0.39, 0.29) is 18.2 Å². The van der Waals surface area contributed by atoms with Crippen LogP contribution in [0.4, 0.5) is 5.69 Å². The van der Waals surface area contributed by atoms with Gasteiger partial charge in [0.15, 0.2) is 0 Å². The molecular weight excluding hydrogens is 440 g/mol. The molecule has 3 atom stereocenters. The molecule has 1 amide bonds. The van der Waals surface area contributed by atoms with Gasteiger partial charge in [0.2, 0.25) is 5.91 Å². The highest BCUT2D eigenvalue weighted by Crippen LogP contribution is 2.50. The predicted molar refractivity (Wildman–Crippen MR) is 116 cm³/mol. The van der Waals surface area contributed by atoms with E-state index in [2.05, 4.69) is 27.8 Å². The van der Waals surface area contributed by atoms with Gasteiger partial charge < -0.3 is 15.8 Å². The fourth-order valence-corrected chi connectivity index (χ4v) is 4.86. The number of benzene rings is 2. The summed E-state index contributed by atoms with van der Waals surface area (Å²) in [5, 5.41) is 3.53. The molecule has 1 aliphatic rings. The van der Waals surface area contributed by atoms with E-state index in [1.807, 2.05) is 37.3 Å². The lowest BCUT2D eigenvalue weighted by Crippen LogP contribution is -2.45. The van der Waals surface area contributed by atoms with Crippen LogP contribution in [0.5, 0.6) is 0 Å². The van der Waals surface area contributed by atoms with E-state index in [9.17, 15) is 9.59 Å². The topological polar surface area (TPSA) is 72.2 Å². The van der Waals surface area contributed by atoms with Crippen LogP contribution >= 0.6 is 27.5 Å². The van der Waals surface area contributed by atoms with Gasteiger partial charge in [-0.3, -0.25) is 4.79 Å². The monoisotopic (exact) mass is 460 g/mol. The number of carbonyl (C=O) groups excluding carboxylic acids is 2. The number of nitrogens with one attached hydrogen (secondary N) is 1. The Hall–Kier alpha value is -2.11. The van der Waals surface area contributed by atoms with Crippen molar-refractivity contribution >= 4 is 45.4 Å². The molecule has 0 bridgehead atoms. The highest BCUT2D eigenvalue weighted by molar-refractivity contribution is 9.10.